The fraction of sp³-hybridized carbons (Fsp3) is 0.348. The molecule has 0 saturated carbocycles. The number of aromatic nitrogens is 2. The first-order chi connectivity index (χ1) is 14.2. The van der Waals surface area contributed by atoms with E-state index in [2.05, 4.69) is 14.9 Å². The van der Waals surface area contributed by atoms with Gasteiger partial charge in [-0.25, -0.2) is 9.97 Å². The highest BCUT2D eigenvalue weighted by atomic mass is 32.2. The Bertz CT molecular complexity index is 1010. The molecule has 1 aliphatic rings. The summed E-state index contributed by atoms with van der Waals surface area (Å²) in [4.78, 5) is 24.2. The van der Waals surface area contributed by atoms with Gasteiger partial charge in [0, 0.05) is 42.5 Å². The first-order valence-electron chi connectivity index (χ1n) is 9.85. The van der Waals surface area contributed by atoms with Crippen molar-refractivity contribution in [3.63, 3.8) is 0 Å². The molecule has 2 aromatic carbocycles. The number of methoxy groups -OCH3 is 1. The molecule has 0 unspecified atom stereocenters. The van der Waals surface area contributed by atoms with Crippen LogP contribution in [0.2, 0.25) is 0 Å². The lowest BCUT2D eigenvalue weighted by Gasteiger charge is -2.32. The molecular formula is C23H25N3O2S. The fourth-order valence-corrected chi connectivity index (χ4v) is 4.26. The lowest BCUT2D eigenvalue weighted by molar-refractivity contribution is 0.0811. The average Bonchev–Trinajstić information content (AvgIpc) is 2.78. The Morgan fingerprint density at radius 2 is 1.93 bits per heavy atom. The first kappa shape index (κ1) is 19.9. The van der Waals surface area contributed by atoms with E-state index in [1.54, 1.807) is 18.9 Å². The maximum Gasteiger partial charge on any atom is 0.187 e. The minimum Gasteiger partial charge on any atom is -0.497 e. The van der Waals surface area contributed by atoms with Crippen LogP contribution in [0.1, 0.15) is 28.8 Å². The molecule has 1 atom stereocenters. The zero-order valence-corrected chi connectivity index (χ0v) is 17.6. The van der Waals surface area contributed by atoms with Crippen molar-refractivity contribution in [3.05, 3.63) is 59.9 Å². The Morgan fingerprint density at radius 1 is 1.17 bits per heavy atom. The Morgan fingerprint density at radius 3 is 2.69 bits per heavy atom. The maximum absolute atomic E-state index is 13.2. The molecule has 1 aromatic heterocycles. The Balaban J connectivity index is 1.45. The number of hydrogen-bond acceptors (Lipinski definition) is 6. The number of piperidine rings is 1. The van der Waals surface area contributed by atoms with E-state index in [9.17, 15) is 4.79 Å². The molecule has 0 spiro atoms. The van der Waals surface area contributed by atoms with Crippen LogP contribution >= 0.6 is 11.8 Å². The lowest BCUT2D eigenvalue weighted by atomic mass is 9.89. The summed E-state index contributed by atoms with van der Waals surface area (Å²) in [6, 6.07) is 11.9. The number of likely N-dealkylation sites (tertiary alicyclic amines) is 1. The molecule has 0 bridgehead atoms. The molecule has 0 amide bonds. The normalized spacial score (nSPS) is 17.4. The fourth-order valence-electron chi connectivity index (χ4n) is 3.94. The quantitative estimate of drug-likeness (QED) is 0.342. The minimum atomic E-state index is 0.0332. The van der Waals surface area contributed by atoms with Gasteiger partial charge in [-0.15, -0.1) is 0 Å². The molecule has 150 valence electrons. The van der Waals surface area contributed by atoms with Crippen LogP contribution in [0.3, 0.4) is 0 Å². The smallest absolute Gasteiger partial charge is 0.187 e. The van der Waals surface area contributed by atoms with E-state index >= 15 is 0 Å². The number of benzene rings is 2. The second-order valence-corrected chi connectivity index (χ2v) is 8.22. The third-order valence-corrected chi connectivity index (χ3v) is 6.05. The van der Waals surface area contributed by atoms with Crippen LogP contribution in [0.5, 0.6) is 5.75 Å². The van der Waals surface area contributed by atoms with E-state index in [0.29, 0.717) is 0 Å². The predicted molar refractivity (Wildman–Crippen MR) is 117 cm³/mol. The molecule has 0 radical (unpaired) electrons. The molecule has 1 saturated heterocycles. The SMILES string of the molecule is COc1ccc2cc(C(=O)[C@@H]3CCCN(Cc4cnc(SC)nc4)C3)ccc2c1. The van der Waals surface area contributed by atoms with Crippen molar-refractivity contribution in [2.75, 3.05) is 26.5 Å². The topological polar surface area (TPSA) is 55.3 Å². The molecule has 0 N–H and O–H groups in total. The van der Waals surface area contributed by atoms with Crippen molar-refractivity contribution in [1.29, 1.82) is 0 Å². The standard InChI is InChI=1S/C23H25N3O2S/c1-28-21-8-7-17-10-19(6-5-18(17)11-21)22(27)20-4-3-9-26(15-20)14-16-12-24-23(29-2)25-13-16/h5-8,10-13,20H,3-4,9,14-15H2,1-2H3/t20-/m1/s1. The van der Waals surface area contributed by atoms with Gasteiger partial charge in [-0.2, -0.15) is 0 Å². The molecule has 29 heavy (non-hydrogen) atoms. The number of rotatable bonds is 6. The Hall–Kier alpha value is -2.44. The zero-order chi connectivity index (χ0) is 20.2. The lowest BCUT2D eigenvalue weighted by Crippen LogP contribution is -2.38. The van der Waals surface area contributed by atoms with Gasteiger partial charge in [0.05, 0.1) is 7.11 Å². The average molecular weight is 408 g/mol. The summed E-state index contributed by atoms with van der Waals surface area (Å²) in [5, 5.41) is 2.93. The number of nitrogens with zero attached hydrogens (tertiary/aromatic N) is 3. The monoisotopic (exact) mass is 407 g/mol. The van der Waals surface area contributed by atoms with E-state index in [1.165, 1.54) is 0 Å². The number of fused-ring (bicyclic) bond motifs is 1. The van der Waals surface area contributed by atoms with Gasteiger partial charge < -0.3 is 4.74 Å². The molecule has 4 rings (SSSR count). The van der Waals surface area contributed by atoms with Gasteiger partial charge in [-0.3, -0.25) is 9.69 Å². The summed E-state index contributed by atoms with van der Waals surface area (Å²) in [6.07, 6.45) is 7.73. The van der Waals surface area contributed by atoms with Crippen molar-refractivity contribution >= 4 is 28.3 Å². The van der Waals surface area contributed by atoms with Crippen LogP contribution in [0.4, 0.5) is 0 Å². The van der Waals surface area contributed by atoms with E-state index in [4.69, 9.17) is 4.74 Å². The molecule has 6 heteroatoms. The predicted octanol–water partition coefficient (Wildman–Crippen LogP) is 4.46. The van der Waals surface area contributed by atoms with Gasteiger partial charge in [0.25, 0.3) is 0 Å². The summed E-state index contributed by atoms with van der Waals surface area (Å²) >= 11 is 1.54. The van der Waals surface area contributed by atoms with Crippen LogP contribution in [0.15, 0.2) is 53.9 Å². The van der Waals surface area contributed by atoms with Crippen molar-refractivity contribution in [2.45, 2.75) is 24.5 Å². The molecule has 2 heterocycles. The van der Waals surface area contributed by atoms with Gasteiger partial charge in [0.1, 0.15) is 5.75 Å². The Labute approximate surface area is 175 Å². The highest BCUT2D eigenvalue weighted by molar-refractivity contribution is 7.98. The summed E-state index contributed by atoms with van der Waals surface area (Å²) in [6.45, 7) is 2.57. The van der Waals surface area contributed by atoms with Crippen LogP contribution < -0.4 is 4.74 Å². The number of ether oxygens (including phenoxy) is 1. The van der Waals surface area contributed by atoms with E-state index in [1.807, 2.05) is 55.0 Å². The molecular weight excluding hydrogens is 382 g/mol. The van der Waals surface area contributed by atoms with Crippen LogP contribution in [0.25, 0.3) is 10.8 Å². The van der Waals surface area contributed by atoms with E-state index in [-0.39, 0.29) is 11.7 Å². The molecule has 5 nitrogen and oxygen atoms in total. The largest absolute Gasteiger partial charge is 0.497 e. The van der Waals surface area contributed by atoms with Gasteiger partial charge in [0.15, 0.2) is 10.9 Å². The summed E-state index contributed by atoms with van der Waals surface area (Å²) < 4.78 is 5.29. The van der Waals surface area contributed by atoms with Gasteiger partial charge >= 0.3 is 0 Å². The molecule has 3 aromatic rings. The number of ketones is 1. The number of hydrogen-bond donors (Lipinski definition) is 0. The van der Waals surface area contributed by atoms with Crippen LogP contribution in [-0.4, -0.2) is 47.1 Å². The van der Waals surface area contributed by atoms with Crippen molar-refractivity contribution in [1.82, 2.24) is 14.9 Å². The van der Waals surface area contributed by atoms with E-state index < -0.39 is 0 Å². The van der Waals surface area contributed by atoms with Gasteiger partial charge in [0.2, 0.25) is 0 Å². The highest BCUT2D eigenvalue weighted by Gasteiger charge is 2.26. The van der Waals surface area contributed by atoms with E-state index in [0.717, 1.165) is 65.3 Å². The van der Waals surface area contributed by atoms with Crippen LogP contribution in [-0.2, 0) is 6.54 Å². The number of thioether (sulfide) groups is 1. The second-order valence-electron chi connectivity index (χ2n) is 7.44. The van der Waals surface area contributed by atoms with Crippen LogP contribution in [0, 0.1) is 5.92 Å². The van der Waals surface area contributed by atoms with Crippen molar-refractivity contribution in [3.8, 4) is 5.75 Å². The van der Waals surface area contributed by atoms with Crippen molar-refractivity contribution < 1.29 is 9.53 Å². The number of Topliss-reactive ketones (excluding diaryl/α,β-unsaturated/α-hetero) is 1. The molecule has 1 aliphatic heterocycles. The molecule has 0 aliphatic carbocycles. The molecule has 1 fully saturated rings. The third-order valence-electron chi connectivity index (χ3n) is 5.48. The number of carbonyl (C=O) groups excluding carboxylic acids is 1. The maximum atomic E-state index is 13.2. The van der Waals surface area contributed by atoms with Crippen molar-refractivity contribution in [2.24, 2.45) is 5.92 Å². The first-order valence-corrected chi connectivity index (χ1v) is 11.1. The summed E-state index contributed by atoms with van der Waals surface area (Å²) in [7, 11) is 1.66. The highest BCUT2D eigenvalue weighted by Crippen LogP contribution is 2.26. The van der Waals surface area contributed by atoms with Gasteiger partial charge in [-0.05, 0) is 54.6 Å². The van der Waals surface area contributed by atoms with Gasteiger partial charge in [-0.1, -0.05) is 30.0 Å². The second kappa shape index (κ2) is 8.93. The summed E-state index contributed by atoms with van der Waals surface area (Å²) in [5.41, 5.74) is 1.89. The summed E-state index contributed by atoms with van der Waals surface area (Å²) in [5.74, 6) is 1.10. The third kappa shape index (κ3) is 4.60. The number of carbonyl (C=O) groups is 1. The minimum absolute atomic E-state index is 0.0332. The zero-order valence-electron chi connectivity index (χ0n) is 16.8. The Kier molecular flexibility index (Phi) is 6.11.